The van der Waals surface area contributed by atoms with Crippen LogP contribution in [0.15, 0.2) is 91.0 Å². The number of hydrogen-bond acceptors (Lipinski definition) is 1. The van der Waals surface area contributed by atoms with Crippen molar-refractivity contribution >= 4 is 0 Å². The van der Waals surface area contributed by atoms with Crippen LogP contribution >= 0.6 is 0 Å². The third kappa shape index (κ3) is 3.95. The fourth-order valence-corrected chi connectivity index (χ4v) is 7.68. The van der Waals surface area contributed by atoms with Crippen LogP contribution in [-0.2, 0) is 5.60 Å². The van der Waals surface area contributed by atoms with Crippen LogP contribution in [0.1, 0.15) is 104 Å². The van der Waals surface area contributed by atoms with Gasteiger partial charge in [-0.1, -0.05) is 130 Å². The molecule has 3 aliphatic carbocycles. The van der Waals surface area contributed by atoms with Crippen LogP contribution in [0.5, 0.6) is 0 Å². The molecule has 192 valence electrons. The molecule has 4 aromatic rings. The lowest BCUT2D eigenvalue weighted by Crippen LogP contribution is -2.27. The Morgan fingerprint density at radius 1 is 0.474 bits per heavy atom. The van der Waals surface area contributed by atoms with Crippen molar-refractivity contribution in [3.63, 3.8) is 0 Å². The average Bonchev–Trinajstić information content (AvgIpc) is 3.27. The van der Waals surface area contributed by atoms with Gasteiger partial charge in [0.05, 0.1) is 0 Å². The molecule has 0 atom stereocenters. The number of aliphatic hydroxyl groups is 1. The monoisotopic (exact) mass is 498 g/mol. The molecule has 1 heteroatoms. The van der Waals surface area contributed by atoms with Gasteiger partial charge in [-0.15, -0.1) is 0 Å². The van der Waals surface area contributed by atoms with Crippen LogP contribution < -0.4 is 0 Å². The van der Waals surface area contributed by atoms with Gasteiger partial charge in [0.2, 0.25) is 0 Å². The van der Waals surface area contributed by atoms with Gasteiger partial charge in [-0.2, -0.15) is 0 Å². The third-order valence-electron chi connectivity index (χ3n) is 9.73. The minimum Gasteiger partial charge on any atom is -0.376 e. The zero-order valence-corrected chi connectivity index (χ0v) is 22.3. The molecule has 2 fully saturated rings. The van der Waals surface area contributed by atoms with Crippen molar-refractivity contribution in [2.45, 2.75) is 81.6 Å². The van der Waals surface area contributed by atoms with Gasteiger partial charge in [0, 0.05) is 16.7 Å². The van der Waals surface area contributed by atoms with Crippen molar-refractivity contribution in [2.75, 3.05) is 0 Å². The quantitative estimate of drug-likeness (QED) is 0.297. The molecule has 0 aliphatic heterocycles. The van der Waals surface area contributed by atoms with E-state index in [1.165, 1.54) is 80.9 Å². The molecule has 0 unspecified atom stereocenters. The summed E-state index contributed by atoms with van der Waals surface area (Å²) in [6, 6.07) is 33.2. The van der Waals surface area contributed by atoms with Gasteiger partial charge in [0.1, 0.15) is 5.60 Å². The molecule has 2 saturated carbocycles. The van der Waals surface area contributed by atoms with E-state index in [0.29, 0.717) is 11.8 Å². The lowest BCUT2D eigenvalue weighted by molar-refractivity contribution is 0.131. The van der Waals surface area contributed by atoms with E-state index in [9.17, 15) is 5.11 Å². The topological polar surface area (TPSA) is 20.2 Å². The van der Waals surface area contributed by atoms with Crippen molar-refractivity contribution in [1.29, 1.82) is 0 Å². The van der Waals surface area contributed by atoms with Crippen LogP contribution in [0.4, 0.5) is 0 Å². The molecule has 4 aromatic carbocycles. The highest BCUT2D eigenvalue weighted by Gasteiger charge is 2.44. The maximum absolute atomic E-state index is 12.9. The Hall–Kier alpha value is -3.16. The minimum atomic E-state index is -1.17. The summed E-state index contributed by atoms with van der Waals surface area (Å²) in [5.41, 5.74) is 9.36. The molecule has 1 N–H and O–H groups in total. The zero-order valence-electron chi connectivity index (χ0n) is 22.3. The molecular formula is C37H38O. The van der Waals surface area contributed by atoms with E-state index < -0.39 is 5.60 Å². The van der Waals surface area contributed by atoms with Crippen LogP contribution in [-0.4, -0.2) is 5.11 Å². The molecule has 0 amide bonds. The minimum absolute atomic E-state index is 0.584. The summed E-state index contributed by atoms with van der Waals surface area (Å²) >= 11 is 0. The standard InChI is InChI=1S/C37H38O/c38-37(34-17-9-7-15-32(34)33-16-8-10-18-35(33)37)36-25-30(27-13-5-2-6-14-27)23-24-31(36)29-21-19-28(20-22-29)26-11-3-1-4-12-26/h7-10,15-27,38H,1-6,11-14H2. The molecule has 3 aliphatic rings. The fraction of sp³-hybridized carbons (Fsp3) is 0.351. The maximum atomic E-state index is 12.9. The molecule has 38 heavy (non-hydrogen) atoms. The molecule has 0 radical (unpaired) electrons. The molecule has 7 rings (SSSR count). The Kier molecular flexibility index (Phi) is 6.21. The smallest absolute Gasteiger partial charge is 0.142 e. The predicted molar refractivity (Wildman–Crippen MR) is 158 cm³/mol. The van der Waals surface area contributed by atoms with Crippen molar-refractivity contribution in [2.24, 2.45) is 0 Å². The first-order valence-electron chi connectivity index (χ1n) is 14.9. The highest BCUT2D eigenvalue weighted by Crippen LogP contribution is 2.53. The van der Waals surface area contributed by atoms with Gasteiger partial charge >= 0.3 is 0 Å². The number of hydrogen-bond donors (Lipinski definition) is 1. The van der Waals surface area contributed by atoms with Crippen LogP contribution in [0.3, 0.4) is 0 Å². The van der Waals surface area contributed by atoms with E-state index in [0.717, 1.165) is 33.4 Å². The summed E-state index contributed by atoms with van der Waals surface area (Å²) < 4.78 is 0. The lowest BCUT2D eigenvalue weighted by Gasteiger charge is -2.31. The summed E-state index contributed by atoms with van der Waals surface area (Å²) in [5, 5.41) is 12.9. The first-order chi connectivity index (χ1) is 18.7. The molecule has 0 aromatic heterocycles. The summed E-state index contributed by atoms with van der Waals surface area (Å²) in [7, 11) is 0. The van der Waals surface area contributed by atoms with E-state index in [-0.39, 0.29) is 0 Å². The number of benzene rings is 4. The second-order valence-electron chi connectivity index (χ2n) is 11.9. The molecule has 1 nitrogen and oxygen atoms in total. The molecular weight excluding hydrogens is 460 g/mol. The first kappa shape index (κ1) is 23.9. The maximum Gasteiger partial charge on any atom is 0.142 e. The largest absolute Gasteiger partial charge is 0.376 e. The van der Waals surface area contributed by atoms with Crippen molar-refractivity contribution in [3.05, 3.63) is 119 Å². The summed E-state index contributed by atoms with van der Waals surface area (Å²) in [6.07, 6.45) is 13.2. The Morgan fingerprint density at radius 2 is 0.974 bits per heavy atom. The van der Waals surface area contributed by atoms with Gasteiger partial charge in [-0.3, -0.25) is 0 Å². The second-order valence-corrected chi connectivity index (χ2v) is 11.9. The van der Waals surface area contributed by atoms with E-state index in [1.54, 1.807) is 0 Å². The van der Waals surface area contributed by atoms with Gasteiger partial charge < -0.3 is 5.11 Å². The Bertz CT molecular complexity index is 1390. The van der Waals surface area contributed by atoms with E-state index in [2.05, 4.69) is 91.0 Å². The van der Waals surface area contributed by atoms with Crippen LogP contribution in [0.25, 0.3) is 22.3 Å². The van der Waals surface area contributed by atoms with Gasteiger partial charge in [0.15, 0.2) is 0 Å². The van der Waals surface area contributed by atoms with Gasteiger partial charge in [-0.05, 0) is 70.9 Å². The molecule has 0 bridgehead atoms. The molecule has 0 saturated heterocycles. The first-order valence-corrected chi connectivity index (χ1v) is 14.9. The summed E-state index contributed by atoms with van der Waals surface area (Å²) in [6.45, 7) is 0. The fourth-order valence-electron chi connectivity index (χ4n) is 7.68. The average molecular weight is 499 g/mol. The van der Waals surface area contributed by atoms with Crippen molar-refractivity contribution in [1.82, 2.24) is 0 Å². The highest BCUT2D eigenvalue weighted by atomic mass is 16.3. The second kappa shape index (κ2) is 9.86. The van der Waals surface area contributed by atoms with Crippen molar-refractivity contribution < 1.29 is 5.11 Å². The predicted octanol–water partition coefficient (Wildman–Crippen LogP) is 9.71. The zero-order chi connectivity index (χ0) is 25.5. The Morgan fingerprint density at radius 3 is 1.55 bits per heavy atom. The number of fused-ring (bicyclic) bond motifs is 3. The Balaban J connectivity index is 1.39. The number of rotatable bonds is 4. The van der Waals surface area contributed by atoms with E-state index in [1.807, 2.05) is 0 Å². The summed E-state index contributed by atoms with van der Waals surface area (Å²) in [4.78, 5) is 0. The lowest BCUT2D eigenvalue weighted by atomic mass is 9.76. The Labute approximate surface area is 227 Å². The third-order valence-corrected chi connectivity index (χ3v) is 9.73. The molecule has 0 spiro atoms. The van der Waals surface area contributed by atoms with Crippen molar-refractivity contribution in [3.8, 4) is 22.3 Å². The van der Waals surface area contributed by atoms with Crippen LogP contribution in [0.2, 0.25) is 0 Å². The van der Waals surface area contributed by atoms with E-state index in [4.69, 9.17) is 0 Å². The van der Waals surface area contributed by atoms with E-state index >= 15 is 0 Å². The molecule has 0 heterocycles. The normalized spacial score (nSPS) is 19.2. The highest BCUT2D eigenvalue weighted by molar-refractivity contribution is 5.85. The van der Waals surface area contributed by atoms with Gasteiger partial charge in [0.25, 0.3) is 0 Å². The van der Waals surface area contributed by atoms with Gasteiger partial charge in [-0.25, -0.2) is 0 Å². The van der Waals surface area contributed by atoms with Crippen LogP contribution in [0, 0.1) is 0 Å². The summed E-state index contributed by atoms with van der Waals surface area (Å²) in [5.74, 6) is 1.28. The SMILES string of the molecule is OC1(c2cc(C3CCCCC3)ccc2-c2ccc(C3CCCCC3)cc2)c2ccccc2-c2ccccc21.